The fourth-order valence-electron chi connectivity index (χ4n) is 2.27. The number of hydrogen-bond acceptors (Lipinski definition) is 4. The van der Waals surface area contributed by atoms with Crippen LogP contribution >= 0.6 is 0 Å². The van der Waals surface area contributed by atoms with Crippen LogP contribution in [0.2, 0.25) is 0 Å². The summed E-state index contributed by atoms with van der Waals surface area (Å²) < 4.78 is 28.1. The fraction of sp³-hybridized carbons (Fsp3) is 0.125. The van der Waals surface area contributed by atoms with Crippen molar-refractivity contribution in [3.05, 3.63) is 76.3 Å². The second kappa shape index (κ2) is 6.32. The van der Waals surface area contributed by atoms with E-state index in [0.717, 1.165) is 5.69 Å². The van der Waals surface area contributed by atoms with Crippen LogP contribution in [0.1, 0.15) is 11.3 Å². The molecule has 0 atom stereocenters. The summed E-state index contributed by atoms with van der Waals surface area (Å²) in [7, 11) is -3.54. The summed E-state index contributed by atoms with van der Waals surface area (Å²) in [5.41, 5.74) is 1.53. The van der Waals surface area contributed by atoms with E-state index in [1.807, 2.05) is 6.07 Å². The third-order valence-electron chi connectivity index (χ3n) is 3.30. The molecule has 2 N–H and O–H groups in total. The molecule has 0 saturated carbocycles. The molecule has 3 rings (SSSR count). The molecular formula is C16H16N4O3S. The number of rotatable bonds is 5. The molecule has 8 heteroatoms. The quantitative estimate of drug-likeness (QED) is 0.738. The molecule has 7 nitrogen and oxygen atoms in total. The molecule has 0 fully saturated rings. The van der Waals surface area contributed by atoms with Gasteiger partial charge >= 0.3 is 0 Å². The van der Waals surface area contributed by atoms with Crippen molar-refractivity contribution in [1.29, 1.82) is 0 Å². The first-order valence-electron chi connectivity index (χ1n) is 7.22. The van der Waals surface area contributed by atoms with Crippen LogP contribution in [0.25, 0.3) is 5.82 Å². The Morgan fingerprint density at radius 1 is 1.17 bits per heavy atom. The molecule has 0 saturated heterocycles. The topological polar surface area (TPSA) is 96.8 Å². The lowest BCUT2D eigenvalue weighted by atomic mass is 10.2. The van der Waals surface area contributed by atoms with Crippen molar-refractivity contribution in [2.45, 2.75) is 12.7 Å². The van der Waals surface area contributed by atoms with E-state index in [9.17, 15) is 13.2 Å². The van der Waals surface area contributed by atoms with Crippen LogP contribution in [-0.2, 0) is 15.8 Å². The van der Waals surface area contributed by atoms with Crippen LogP contribution in [0.5, 0.6) is 0 Å². The van der Waals surface area contributed by atoms with E-state index in [0.29, 0.717) is 17.1 Å². The predicted octanol–water partition coefficient (Wildman–Crippen LogP) is 1.81. The Morgan fingerprint density at radius 3 is 2.50 bits per heavy atom. The second-order valence-electron chi connectivity index (χ2n) is 5.36. The summed E-state index contributed by atoms with van der Waals surface area (Å²) >= 11 is 0. The highest BCUT2D eigenvalue weighted by Crippen LogP contribution is 2.13. The molecule has 124 valence electrons. The molecule has 1 aromatic carbocycles. The molecular weight excluding hydrogens is 328 g/mol. The van der Waals surface area contributed by atoms with E-state index in [1.165, 1.54) is 16.9 Å². The number of anilines is 1. The highest BCUT2D eigenvalue weighted by Gasteiger charge is 2.12. The van der Waals surface area contributed by atoms with Gasteiger partial charge in [-0.3, -0.25) is 14.6 Å². The van der Waals surface area contributed by atoms with Crippen molar-refractivity contribution >= 4 is 15.7 Å². The maximum absolute atomic E-state index is 12.2. The summed E-state index contributed by atoms with van der Waals surface area (Å²) in [5.74, 6) is 0.268. The fourth-order valence-corrected chi connectivity index (χ4v) is 3.45. The normalized spacial score (nSPS) is 11.4. The second-order valence-corrected chi connectivity index (χ2v) is 7.09. The van der Waals surface area contributed by atoms with Gasteiger partial charge in [0.1, 0.15) is 0 Å². The first kappa shape index (κ1) is 16.0. The Morgan fingerprint density at radius 2 is 1.92 bits per heavy atom. The van der Waals surface area contributed by atoms with Gasteiger partial charge < -0.3 is 0 Å². The van der Waals surface area contributed by atoms with E-state index in [-0.39, 0.29) is 11.3 Å². The van der Waals surface area contributed by atoms with Gasteiger partial charge in [-0.2, -0.15) is 0 Å². The smallest absolute Gasteiger partial charge is 0.272 e. The molecule has 3 aromatic rings. The molecule has 24 heavy (non-hydrogen) atoms. The Bertz CT molecular complexity index is 990. The molecule has 2 heterocycles. The van der Waals surface area contributed by atoms with E-state index in [4.69, 9.17) is 0 Å². The van der Waals surface area contributed by atoms with Crippen LogP contribution in [-0.4, -0.2) is 23.2 Å². The van der Waals surface area contributed by atoms with Gasteiger partial charge in [0.25, 0.3) is 5.56 Å². The molecule has 0 unspecified atom stereocenters. The first-order valence-corrected chi connectivity index (χ1v) is 8.88. The van der Waals surface area contributed by atoms with Crippen LogP contribution < -0.4 is 10.3 Å². The van der Waals surface area contributed by atoms with Gasteiger partial charge in [0.05, 0.1) is 17.6 Å². The lowest BCUT2D eigenvalue weighted by Gasteiger charge is -2.08. The number of pyridine rings is 1. The standard InChI is InChI=1S/C16H16N4O3S/c1-12-9-16(21)20(18-12)15-8-7-14(10-17-15)19-24(22,23)11-13-5-3-2-4-6-13/h2-10,18-19H,11H2,1H3. The van der Waals surface area contributed by atoms with Gasteiger partial charge in [0, 0.05) is 11.8 Å². The van der Waals surface area contributed by atoms with Crippen LogP contribution in [0.15, 0.2) is 59.5 Å². The monoisotopic (exact) mass is 344 g/mol. The zero-order valence-corrected chi connectivity index (χ0v) is 13.7. The van der Waals surface area contributed by atoms with E-state index < -0.39 is 10.0 Å². The molecule has 0 aliphatic carbocycles. The molecule has 0 aliphatic rings. The summed E-state index contributed by atoms with van der Waals surface area (Å²) in [6.07, 6.45) is 1.38. The van der Waals surface area contributed by atoms with Gasteiger partial charge in [-0.15, -0.1) is 0 Å². The number of sulfonamides is 1. The van der Waals surface area contributed by atoms with E-state index in [2.05, 4.69) is 14.8 Å². The Labute approximate surface area is 139 Å². The van der Waals surface area contributed by atoms with Gasteiger partial charge in [-0.1, -0.05) is 30.3 Å². The maximum Gasteiger partial charge on any atom is 0.272 e. The maximum atomic E-state index is 12.2. The third-order valence-corrected chi connectivity index (χ3v) is 4.56. The van der Waals surface area contributed by atoms with Crippen molar-refractivity contribution in [1.82, 2.24) is 14.8 Å². The van der Waals surface area contributed by atoms with E-state index >= 15 is 0 Å². The average molecular weight is 344 g/mol. The first-order chi connectivity index (χ1) is 11.4. The Balaban J connectivity index is 1.76. The number of hydrogen-bond donors (Lipinski definition) is 2. The molecule has 0 amide bonds. The van der Waals surface area contributed by atoms with Gasteiger partial charge in [0.2, 0.25) is 10.0 Å². The van der Waals surface area contributed by atoms with Gasteiger partial charge in [0.15, 0.2) is 5.82 Å². The predicted molar refractivity (Wildman–Crippen MR) is 91.6 cm³/mol. The Hall–Kier alpha value is -2.87. The number of aromatic nitrogens is 3. The number of benzene rings is 1. The van der Waals surface area contributed by atoms with Crippen LogP contribution in [0.4, 0.5) is 5.69 Å². The zero-order chi connectivity index (χ0) is 17.2. The summed E-state index contributed by atoms with van der Waals surface area (Å²) in [6.45, 7) is 1.77. The SMILES string of the molecule is Cc1cc(=O)n(-c2ccc(NS(=O)(=O)Cc3ccccc3)cn2)[nH]1. The number of H-pyrrole nitrogens is 1. The van der Waals surface area contributed by atoms with Gasteiger partial charge in [-0.25, -0.2) is 18.1 Å². The van der Waals surface area contributed by atoms with Crippen molar-refractivity contribution in [3.63, 3.8) is 0 Å². The number of aryl methyl sites for hydroxylation is 1. The lowest BCUT2D eigenvalue weighted by Crippen LogP contribution is -2.17. The number of nitrogens with zero attached hydrogens (tertiary/aromatic N) is 2. The number of aromatic amines is 1. The van der Waals surface area contributed by atoms with Crippen molar-refractivity contribution in [3.8, 4) is 5.82 Å². The molecule has 0 bridgehead atoms. The highest BCUT2D eigenvalue weighted by molar-refractivity contribution is 7.91. The molecule has 0 radical (unpaired) electrons. The molecule has 2 aromatic heterocycles. The summed E-state index contributed by atoms with van der Waals surface area (Å²) in [6, 6.07) is 13.5. The highest BCUT2D eigenvalue weighted by atomic mass is 32.2. The largest absolute Gasteiger partial charge is 0.294 e. The minimum absolute atomic E-state index is 0.120. The number of nitrogens with one attached hydrogen (secondary N) is 2. The van der Waals surface area contributed by atoms with Gasteiger partial charge in [-0.05, 0) is 24.6 Å². The van der Waals surface area contributed by atoms with Crippen molar-refractivity contribution < 1.29 is 8.42 Å². The lowest BCUT2D eigenvalue weighted by molar-refractivity contribution is 0.600. The van der Waals surface area contributed by atoms with Crippen LogP contribution in [0.3, 0.4) is 0 Å². The minimum atomic E-state index is -3.54. The van der Waals surface area contributed by atoms with Crippen molar-refractivity contribution in [2.24, 2.45) is 0 Å². The van der Waals surface area contributed by atoms with E-state index in [1.54, 1.807) is 43.3 Å². The van der Waals surface area contributed by atoms with Crippen LogP contribution in [0, 0.1) is 6.92 Å². The molecule has 0 aliphatic heterocycles. The molecule has 0 spiro atoms. The minimum Gasteiger partial charge on any atom is -0.294 e. The third kappa shape index (κ3) is 3.72. The summed E-state index contributed by atoms with van der Waals surface area (Å²) in [5, 5.41) is 2.86. The zero-order valence-electron chi connectivity index (χ0n) is 12.9. The Kier molecular flexibility index (Phi) is 4.22. The summed E-state index contributed by atoms with van der Waals surface area (Å²) in [4.78, 5) is 15.9. The van der Waals surface area contributed by atoms with Crippen molar-refractivity contribution in [2.75, 3.05) is 4.72 Å². The average Bonchev–Trinajstić information content (AvgIpc) is 2.87.